The molecule has 1 aromatic carbocycles. The molecule has 4 rings (SSSR count). The van der Waals surface area contributed by atoms with Crippen LogP contribution in [-0.4, -0.2) is 20.0 Å². The van der Waals surface area contributed by atoms with Crippen molar-refractivity contribution >= 4 is 11.8 Å². The van der Waals surface area contributed by atoms with Crippen LogP contribution >= 0.6 is 11.8 Å². The second kappa shape index (κ2) is 6.84. The van der Waals surface area contributed by atoms with Crippen LogP contribution in [0.3, 0.4) is 0 Å². The highest BCUT2D eigenvalue weighted by atomic mass is 32.2. The number of benzene rings is 1. The first-order chi connectivity index (χ1) is 12.6. The number of furan rings is 1. The average molecular weight is 366 g/mol. The molecule has 0 bridgehead atoms. The molecule has 0 N–H and O–H groups in total. The van der Waals surface area contributed by atoms with Gasteiger partial charge >= 0.3 is 0 Å². The highest BCUT2D eigenvalue weighted by Crippen LogP contribution is 2.28. The molecular weight excluding hydrogens is 348 g/mol. The van der Waals surface area contributed by atoms with Crippen LogP contribution in [0.4, 0.5) is 0 Å². The van der Waals surface area contributed by atoms with Gasteiger partial charge in [-0.3, -0.25) is 0 Å². The first kappa shape index (κ1) is 16.7. The van der Waals surface area contributed by atoms with Gasteiger partial charge in [0.15, 0.2) is 0 Å². The van der Waals surface area contributed by atoms with Crippen molar-refractivity contribution in [2.45, 2.75) is 31.7 Å². The fourth-order valence-corrected chi connectivity index (χ4v) is 3.47. The Labute approximate surface area is 155 Å². The Morgan fingerprint density at radius 3 is 2.50 bits per heavy atom. The molecule has 4 aromatic rings. The maximum atomic E-state index is 5.71. The van der Waals surface area contributed by atoms with Crippen LogP contribution in [0.1, 0.15) is 22.7 Å². The molecule has 3 heterocycles. The van der Waals surface area contributed by atoms with Gasteiger partial charge in [0.2, 0.25) is 0 Å². The third-order valence-corrected chi connectivity index (χ3v) is 4.94. The molecule has 26 heavy (non-hydrogen) atoms. The van der Waals surface area contributed by atoms with Gasteiger partial charge in [-0.15, -0.1) is 10.2 Å². The lowest BCUT2D eigenvalue weighted by Gasteiger charge is -2.05. The highest BCUT2D eigenvalue weighted by molar-refractivity contribution is 7.98. The first-order valence-electron chi connectivity index (χ1n) is 8.23. The molecule has 3 aromatic heterocycles. The molecule has 0 spiro atoms. The zero-order valence-corrected chi connectivity index (χ0v) is 15.6. The maximum Gasteiger partial charge on any atom is 0.277 e. The predicted molar refractivity (Wildman–Crippen MR) is 99.3 cm³/mol. The molecule has 0 aliphatic carbocycles. The van der Waals surface area contributed by atoms with E-state index in [1.165, 1.54) is 17.3 Å². The van der Waals surface area contributed by atoms with E-state index in [9.17, 15) is 0 Å². The van der Waals surface area contributed by atoms with E-state index >= 15 is 0 Å². The number of rotatable bonds is 5. The van der Waals surface area contributed by atoms with Crippen molar-refractivity contribution in [2.75, 3.05) is 0 Å². The molecule has 0 saturated heterocycles. The molecule has 6 nitrogen and oxygen atoms in total. The van der Waals surface area contributed by atoms with Crippen molar-refractivity contribution in [3.8, 4) is 17.1 Å². The van der Waals surface area contributed by atoms with Crippen molar-refractivity contribution in [3.63, 3.8) is 0 Å². The van der Waals surface area contributed by atoms with Crippen LogP contribution in [0, 0.1) is 20.8 Å². The third kappa shape index (κ3) is 3.30. The number of thioether (sulfide) groups is 1. The molecule has 0 fully saturated rings. The summed E-state index contributed by atoms with van der Waals surface area (Å²) in [5.74, 6) is 2.01. The molecule has 0 radical (unpaired) electrons. The Morgan fingerprint density at radius 1 is 1.04 bits per heavy atom. The minimum Gasteiger partial charge on any atom is -0.469 e. The minimum atomic E-state index is 0.485. The lowest BCUT2D eigenvalue weighted by atomic mass is 10.2. The van der Waals surface area contributed by atoms with Crippen molar-refractivity contribution in [3.05, 3.63) is 65.4 Å². The van der Waals surface area contributed by atoms with E-state index in [1.54, 1.807) is 6.26 Å². The lowest BCUT2D eigenvalue weighted by Crippen LogP contribution is -1.98. The summed E-state index contributed by atoms with van der Waals surface area (Å²) in [6.07, 6.45) is 1.62. The van der Waals surface area contributed by atoms with Gasteiger partial charge in [0.05, 0.1) is 23.2 Å². The second-order valence-electron chi connectivity index (χ2n) is 6.06. The molecule has 0 aliphatic heterocycles. The number of aromatic nitrogens is 4. The molecule has 7 heteroatoms. The largest absolute Gasteiger partial charge is 0.469 e. The van der Waals surface area contributed by atoms with Crippen LogP contribution in [0.2, 0.25) is 0 Å². The number of aryl methyl sites for hydroxylation is 3. The summed E-state index contributed by atoms with van der Waals surface area (Å²) in [6.45, 7) is 5.92. The first-order valence-corrected chi connectivity index (χ1v) is 9.22. The van der Waals surface area contributed by atoms with Crippen LogP contribution in [0.25, 0.3) is 17.1 Å². The topological polar surface area (TPSA) is 69.9 Å². The van der Waals surface area contributed by atoms with Gasteiger partial charge in [0.1, 0.15) is 5.76 Å². The van der Waals surface area contributed by atoms with Gasteiger partial charge in [0, 0.05) is 11.4 Å². The number of hydrogen-bond acceptors (Lipinski definition) is 6. The second-order valence-corrected chi connectivity index (χ2v) is 6.98. The normalized spacial score (nSPS) is 11.2. The zero-order chi connectivity index (χ0) is 18.1. The summed E-state index contributed by atoms with van der Waals surface area (Å²) in [4.78, 5) is 0. The Hall–Kier alpha value is -2.80. The van der Waals surface area contributed by atoms with Gasteiger partial charge < -0.3 is 8.83 Å². The third-order valence-electron chi connectivity index (χ3n) is 4.05. The summed E-state index contributed by atoms with van der Waals surface area (Å²) in [6, 6.07) is 12.2. The molecule has 0 atom stereocenters. The maximum absolute atomic E-state index is 5.71. The fourth-order valence-electron chi connectivity index (χ4n) is 2.75. The smallest absolute Gasteiger partial charge is 0.277 e. The lowest BCUT2D eigenvalue weighted by molar-refractivity contribution is 0.463. The molecule has 0 unspecified atom stereocenters. The van der Waals surface area contributed by atoms with E-state index in [0.717, 1.165) is 34.2 Å². The van der Waals surface area contributed by atoms with Crippen molar-refractivity contribution in [1.82, 2.24) is 20.0 Å². The fraction of sp³-hybridized carbons (Fsp3) is 0.211. The number of hydrogen-bond donors (Lipinski definition) is 0. The van der Waals surface area contributed by atoms with E-state index in [1.807, 2.05) is 24.6 Å². The molecule has 0 amide bonds. The average Bonchev–Trinajstić information content (AvgIpc) is 3.34. The van der Waals surface area contributed by atoms with Gasteiger partial charge in [0.25, 0.3) is 11.1 Å². The van der Waals surface area contributed by atoms with E-state index in [4.69, 9.17) is 8.83 Å². The number of nitrogens with zero attached hydrogens (tertiary/aromatic N) is 4. The SMILES string of the molecule is Cc1cc(C)n(-c2ccc(CSc3nnc(-c4ccoc4C)o3)cc2)n1. The Morgan fingerprint density at radius 2 is 1.85 bits per heavy atom. The summed E-state index contributed by atoms with van der Waals surface area (Å²) in [7, 11) is 0. The Bertz CT molecular complexity index is 1030. The Balaban J connectivity index is 1.43. The van der Waals surface area contributed by atoms with E-state index in [0.29, 0.717) is 11.1 Å². The Kier molecular flexibility index (Phi) is 4.38. The van der Waals surface area contributed by atoms with E-state index in [2.05, 4.69) is 52.6 Å². The molecular formula is C19H18N4O2S. The van der Waals surface area contributed by atoms with Gasteiger partial charge in [-0.05, 0) is 50.6 Å². The van der Waals surface area contributed by atoms with Crippen LogP contribution in [0.5, 0.6) is 0 Å². The summed E-state index contributed by atoms with van der Waals surface area (Å²) >= 11 is 1.51. The van der Waals surface area contributed by atoms with Crippen LogP contribution < -0.4 is 0 Å². The summed E-state index contributed by atoms with van der Waals surface area (Å²) in [5, 5.41) is 13.2. The van der Waals surface area contributed by atoms with Crippen molar-refractivity contribution in [2.24, 2.45) is 0 Å². The quantitative estimate of drug-likeness (QED) is 0.476. The van der Waals surface area contributed by atoms with Crippen LogP contribution in [-0.2, 0) is 5.75 Å². The predicted octanol–water partition coefficient (Wildman–Crippen LogP) is 4.73. The monoisotopic (exact) mass is 366 g/mol. The van der Waals surface area contributed by atoms with E-state index < -0.39 is 0 Å². The zero-order valence-electron chi connectivity index (χ0n) is 14.8. The molecule has 0 saturated carbocycles. The van der Waals surface area contributed by atoms with Crippen molar-refractivity contribution < 1.29 is 8.83 Å². The molecule has 132 valence electrons. The summed E-state index contributed by atoms with van der Waals surface area (Å²) in [5.41, 5.74) is 5.21. The van der Waals surface area contributed by atoms with Crippen molar-refractivity contribution in [1.29, 1.82) is 0 Å². The van der Waals surface area contributed by atoms with Gasteiger partial charge in [-0.1, -0.05) is 23.9 Å². The minimum absolute atomic E-state index is 0.485. The molecule has 0 aliphatic rings. The van der Waals surface area contributed by atoms with Gasteiger partial charge in [-0.2, -0.15) is 5.10 Å². The standard InChI is InChI=1S/C19H18N4O2S/c1-12-10-13(2)23(22-12)16-6-4-15(5-7-16)11-26-19-21-20-18(25-19)17-8-9-24-14(17)3/h4-10H,11H2,1-3H3. The summed E-state index contributed by atoms with van der Waals surface area (Å²) < 4.78 is 12.9. The van der Waals surface area contributed by atoms with Gasteiger partial charge in [-0.25, -0.2) is 4.68 Å². The van der Waals surface area contributed by atoms with E-state index in [-0.39, 0.29) is 0 Å². The van der Waals surface area contributed by atoms with Crippen LogP contribution in [0.15, 0.2) is 56.7 Å². The highest BCUT2D eigenvalue weighted by Gasteiger charge is 2.13.